The molecule has 88 valence electrons. The second kappa shape index (κ2) is 4.24. The summed E-state index contributed by atoms with van der Waals surface area (Å²) in [6.45, 7) is 0.668. The van der Waals surface area contributed by atoms with Crippen LogP contribution in [0.5, 0.6) is 5.75 Å². The molecule has 1 aliphatic carbocycles. The Labute approximate surface area is 100 Å². The number of hydrogen-bond donors (Lipinski definition) is 2. The largest absolute Gasteiger partial charge is 0.496 e. The van der Waals surface area contributed by atoms with E-state index in [1.54, 1.807) is 13.2 Å². The standard InChI is InChI=1S/C12H16ClNO2/c1-16-11-3-2-9(13)4-10(11)12(7-14)5-8(12)6-15/h2-4,8,15H,5-7,14H2,1H3. The van der Waals surface area contributed by atoms with Gasteiger partial charge in [-0.3, -0.25) is 0 Å². The lowest BCUT2D eigenvalue weighted by atomic mass is 9.92. The predicted molar refractivity (Wildman–Crippen MR) is 63.9 cm³/mol. The number of methoxy groups -OCH3 is 1. The topological polar surface area (TPSA) is 55.5 Å². The number of ether oxygens (including phenoxy) is 1. The van der Waals surface area contributed by atoms with E-state index in [0.29, 0.717) is 11.6 Å². The summed E-state index contributed by atoms with van der Waals surface area (Å²) in [5.74, 6) is 1.02. The molecule has 1 saturated carbocycles. The Morgan fingerprint density at radius 3 is 2.88 bits per heavy atom. The van der Waals surface area contributed by atoms with E-state index in [4.69, 9.17) is 22.1 Å². The quantitative estimate of drug-likeness (QED) is 0.841. The summed E-state index contributed by atoms with van der Waals surface area (Å²) in [6, 6.07) is 5.54. The van der Waals surface area contributed by atoms with Gasteiger partial charge in [0.05, 0.1) is 7.11 Å². The second-order valence-corrected chi connectivity index (χ2v) is 4.72. The minimum atomic E-state index is -0.148. The average molecular weight is 242 g/mol. The maximum Gasteiger partial charge on any atom is 0.122 e. The summed E-state index contributed by atoms with van der Waals surface area (Å²) in [4.78, 5) is 0. The number of halogens is 1. The van der Waals surface area contributed by atoms with E-state index in [0.717, 1.165) is 17.7 Å². The van der Waals surface area contributed by atoms with Crippen LogP contribution in [0.25, 0.3) is 0 Å². The number of aliphatic hydroxyl groups is 1. The second-order valence-electron chi connectivity index (χ2n) is 4.29. The summed E-state index contributed by atoms with van der Waals surface area (Å²) in [5.41, 5.74) is 6.70. The van der Waals surface area contributed by atoms with Crippen LogP contribution in [0.4, 0.5) is 0 Å². The monoisotopic (exact) mass is 241 g/mol. The molecule has 4 heteroatoms. The maximum atomic E-state index is 9.24. The highest BCUT2D eigenvalue weighted by Gasteiger charge is 2.55. The van der Waals surface area contributed by atoms with E-state index in [9.17, 15) is 5.11 Å². The molecule has 0 amide bonds. The van der Waals surface area contributed by atoms with Gasteiger partial charge in [0.1, 0.15) is 5.75 Å². The Balaban J connectivity index is 2.42. The van der Waals surface area contributed by atoms with Crippen LogP contribution >= 0.6 is 11.6 Å². The molecular weight excluding hydrogens is 226 g/mol. The van der Waals surface area contributed by atoms with Gasteiger partial charge in [-0.15, -0.1) is 0 Å². The zero-order valence-corrected chi connectivity index (χ0v) is 10.00. The van der Waals surface area contributed by atoms with Crippen LogP contribution in [-0.4, -0.2) is 25.4 Å². The van der Waals surface area contributed by atoms with Gasteiger partial charge in [0, 0.05) is 29.2 Å². The van der Waals surface area contributed by atoms with Crippen molar-refractivity contribution in [3.05, 3.63) is 28.8 Å². The van der Waals surface area contributed by atoms with Crippen molar-refractivity contribution in [1.29, 1.82) is 0 Å². The lowest BCUT2D eigenvalue weighted by molar-refractivity contribution is 0.263. The molecule has 0 bridgehead atoms. The van der Waals surface area contributed by atoms with Crippen LogP contribution in [0.3, 0.4) is 0 Å². The Hall–Kier alpha value is -0.770. The van der Waals surface area contributed by atoms with E-state index in [-0.39, 0.29) is 17.9 Å². The summed E-state index contributed by atoms with van der Waals surface area (Å²) < 4.78 is 5.33. The zero-order valence-electron chi connectivity index (χ0n) is 9.24. The normalized spacial score (nSPS) is 27.9. The molecule has 0 aromatic heterocycles. The summed E-state index contributed by atoms with van der Waals surface area (Å²) in [6.07, 6.45) is 0.900. The predicted octanol–water partition coefficient (Wildman–Crippen LogP) is 1.56. The van der Waals surface area contributed by atoms with Gasteiger partial charge in [-0.2, -0.15) is 0 Å². The molecule has 3 N–H and O–H groups in total. The minimum Gasteiger partial charge on any atom is -0.496 e. The molecule has 2 atom stereocenters. The lowest BCUT2D eigenvalue weighted by Gasteiger charge is -2.18. The Bertz CT molecular complexity index is 397. The van der Waals surface area contributed by atoms with E-state index < -0.39 is 0 Å². The molecule has 3 nitrogen and oxygen atoms in total. The molecule has 16 heavy (non-hydrogen) atoms. The summed E-state index contributed by atoms with van der Waals surface area (Å²) >= 11 is 6.00. The molecule has 0 radical (unpaired) electrons. The van der Waals surface area contributed by atoms with Crippen LogP contribution in [-0.2, 0) is 5.41 Å². The first-order chi connectivity index (χ1) is 7.67. The number of benzene rings is 1. The fourth-order valence-corrected chi connectivity index (χ4v) is 2.55. The molecule has 2 unspecified atom stereocenters. The third-order valence-corrected chi connectivity index (χ3v) is 3.75. The number of rotatable bonds is 4. The highest BCUT2D eigenvalue weighted by molar-refractivity contribution is 6.30. The third kappa shape index (κ3) is 1.69. The summed E-state index contributed by atoms with van der Waals surface area (Å²) in [5, 5.41) is 9.91. The smallest absolute Gasteiger partial charge is 0.122 e. The highest BCUT2D eigenvalue weighted by Crippen LogP contribution is 2.56. The van der Waals surface area contributed by atoms with Crippen molar-refractivity contribution in [2.24, 2.45) is 11.7 Å². The Kier molecular flexibility index (Phi) is 3.10. The van der Waals surface area contributed by atoms with Crippen molar-refractivity contribution >= 4 is 11.6 Å². The SMILES string of the molecule is COc1ccc(Cl)cc1C1(CN)CC1CO. The third-order valence-electron chi connectivity index (χ3n) is 3.51. The fraction of sp³-hybridized carbons (Fsp3) is 0.500. The molecule has 0 aliphatic heterocycles. The van der Waals surface area contributed by atoms with Gasteiger partial charge < -0.3 is 15.6 Å². The van der Waals surface area contributed by atoms with Crippen molar-refractivity contribution in [3.8, 4) is 5.75 Å². The van der Waals surface area contributed by atoms with Gasteiger partial charge >= 0.3 is 0 Å². The van der Waals surface area contributed by atoms with E-state index in [1.807, 2.05) is 12.1 Å². The number of aliphatic hydroxyl groups excluding tert-OH is 1. The zero-order chi connectivity index (χ0) is 11.8. The van der Waals surface area contributed by atoms with E-state index >= 15 is 0 Å². The van der Waals surface area contributed by atoms with Crippen molar-refractivity contribution < 1.29 is 9.84 Å². The molecule has 0 heterocycles. The fourth-order valence-electron chi connectivity index (χ4n) is 2.38. The molecular formula is C12H16ClNO2. The first-order valence-electron chi connectivity index (χ1n) is 5.33. The molecule has 1 aliphatic rings. The van der Waals surface area contributed by atoms with Crippen LogP contribution in [0, 0.1) is 5.92 Å². The van der Waals surface area contributed by atoms with Gasteiger partial charge in [-0.25, -0.2) is 0 Å². The van der Waals surface area contributed by atoms with Gasteiger partial charge in [-0.05, 0) is 30.5 Å². The summed E-state index contributed by atoms with van der Waals surface area (Å²) in [7, 11) is 1.63. The highest BCUT2D eigenvalue weighted by atomic mass is 35.5. The van der Waals surface area contributed by atoms with E-state index in [1.165, 1.54) is 0 Å². The van der Waals surface area contributed by atoms with E-state index in [2.05, 4.69) is 0 Å². The van der Waals surface area contributed by atoms with Crippen molar-refractivity contribution in [2.75, 3.05) is 20.3 Å². The molecule has 0 spiro atoms. The Morgan fingerprint density at radius 2 is 2.38 bits per heavy atom. The molecule has 1 aromatic carbocycles. The van der Waals surface area contributed by atoms with Crippen LogP contribution in [0.1, 0.15) is 12.0 Å². The minimum absolute atomic E-state index is 0.148. The maximum absolute atomic E-state index is 9.24. The first kappa shape index (κ1) is 11.7. The van der Waals surface area contributed by atoms with Crippen LogP contribution in [0.2, 0.25) is 5.02 Å². The molecule has 2 rings (SSSR count). The van der Waals surface area contributed by atoms with Crippen molar-refractivity contribution in [1.82, 2.24) is 0 Å². The number of nitrogens with two attached hydrogens (primary N) is 1. The van der Waals surface area contributed by atoms with Crippen LogP contribution in [0.15, 0.2) is 18.2 Å². The average Bonchev–Trinajstić information content (AvgIpc) is 3.04. The lowest BCUT2D eigenvalue weighted by Crippen LogP contribution is -2.24. The van der Waals surface area contributed by atoms with Gasteiger partial charge in [-0.1, -0.05) is 11.6 Å². The van der Waals surface area contributed by atoms with Crippen molar-refractivity contribution in [3.63, 3.8) is 0 Å². The first-order valence-corrected chi connectivity index (χ1v) is 5.70. The molecule has 0 saturated heterocycles. The van der Waals surface area contributed by atoms with Gasteiger partial charge in [0.25, 0.3) is 0 Å². The molecule has 1 fully saturated rings. The Morgan fingerprint density at radius 1 is 1.62 bits per heavy atom. The van der Waals surface area contributed by atoms with Gasteiger partial charge in [0.15, 0.2) is 0 Å². The molecule has 1 aromatic rings. The van der Waals surface area contributed by atoms with Gasteiger partial charge in [0.2, 0.25) is 0 Å². The number of hydrogen-bond acceptors (Lipinski definition) is 3. The van der Waals surface area contributed by atoms with Crippen LogP contribution < -0.4 is 10.5 Å². The van der Waals surface area contributed by atoms with Crippen molar-refractivity contribution in [2.45, 2.75) is 11.8 Å².